The third kappa shape index (κ3) is 6.88. The first-order valence-electron chi connectivity index (χ1n) is 15.2. The molecule has 6 aromatic carbocycles. The predicted octanol–water partition coefficient (Wildman–Crippen LogP) is 9.58. The van der Waals surface area contributed by atoms with Crippen LogP contribution in [0.3, 0.4) is 0 Å². The molecule has 1 N–H and O–H groups in total. The van der Waals surface area contributed by atoms with Crippen molar-refractivity contribution < 1.29 is 27.0 Å². The van der Waals surface area contributed by atoms with Gasteiger partial charge in [0.1, 0.15) is 0 Å². The Morgan fingerprint density at radius 1 is 0.375 bits per heavy atom. The first-order chi connectivity index (χ1) is 23.1. The Bertz CT molecular complexity index is 2200. The van der Waals surface area contributed by atoms with Crippen LogP contribution in [-0.4, -0.2) is 33.9 Å². The Labute approximate surface area is 289 Å². The Morgan fingerprint density at radius 2 is 0.667 bits per heavy atom. The van der Waals surface area contributed by atoms with Gasteiger partial charge >= 0.3 is 23.0 Å². The van der Waals surface area contributed by atoms with E-state index in [2.05, 4.69) is 0 Å². The van der Waals surface area contributed by atoms with Crippen LogP contribution in [-0.2, 0) is 17.1 Å². The van der Waals surface area contributed by atoms with Crippen molar-refractivity contribution in [3.05, 3.63) is 192 Å². The molecule has 1 aliphatic heterocycles. The largest absolute Gasteiger partial charge is 2.00 e. The Kier molecular flexibility index (Phi) is 9.72. The van der Waals surface area contributed by atoms with E-state index in [4.69, 9.17) is 20.0 Å². The van der Waals surface area contributed by atoms with Crippen LogP contribution >= 0.6 is 0 Å². The second-order valence-electron chi connectivity index (χ2n) is 10.8. The normalized spacial score (nSPS) is 12.7. The second-order valence-corrected chi connectivity index (χ2v) is 10.8. The summed E-state index contributed by atoms with van der Waals surface area (Å²) in [6.45, 7) is 0. The number of benzene rings is 6. The smallest absolute Gasteiger partial charge is 0.478 e. The number of aliphatic imine (C=N–C) groups is 4. The molecule has 0 fully saturated rings. The maximum Gasteiger partial charge on any atom is 2.00 e. The van der Waals surface area contributed by atoms with E-state index in [0.717, 1.165) is 22.3 Å². The van der Waals surface area contributed by atoms with E-state index >= 15 is 0 Å². The SMILES string of the molecule is O=C(O)c1ccc2c(c1)N=C(c1ccccc1)C(c1ccccc1)=Nc1ccccc1N=C(c1ccccc1)C(c1ccccc1)=N2.[Cu+2]. The summed E-state index contributed by atoms with van der Waals surface area (Å²) in [7, 11) is 0. The van der Waals surface area contributed by atoms with Gasteiger partial charge in [-0.1, -0.05) is 133 Å². The van der Waals surface area contributed by atoms with Crippen LogP contribution < -0.4 is 0 Å². The Hall–Kier alpha value is -6.01. The van der Waals surface area contributed by atoms with E-state index < -0.39 is 5.97 Å². The standard InChI is InChI=1S/C41H28N4O2.Cu/c46-41(47)32-25-26-35-36(27-32)45-40(31-21-11-4-12-22-31)39(30-19-9-3-10-20-30)43-34-24-14-13-23-33(34)42-37(28-15-5-1-6-16-28)38(44-35)29-17-7-2-8-18-29;/h1-27H,(H,46,47);/q;+2. The van der Waals surface area contributed by atoms with E-state index in [1.165, 1.54) is 0 Å². The number of carbonyl (C=O) groups is 1. The molecule has 1 heterocycles. The molecule has 0 bridgehead atoms. The number of hydrogen-bond acceptors (Lipinski definition) is 5. The Balaban J connectivity index is 0.00000401. The van der Waals surface area contributed by atoms with Crippen molar-refractivity contribution in [2.75, 3.05) is 0 Å². The predicted molar refractivity (Wildman–Crippen MR) is 190 cm³/mol. The Morgan fingerprint density at radius 3 is 1.00 bits per heavy atom. The minimum atomic E-state index is -1.06. The van der Waals surface area contributed by atoms with Crippen molar-refractivity contribution in [2.24, 2.45) is 20.0 Å². The average Bonchev–Trinajstić information content (AvgIpc) is 3.13. The van der Waals surface area contributed by atoms with Crippen molar-refractivity contribution in [1.82, 2.24) is 0 Å². The first-order valence-corrected chi connectivity index (χ1v) is 15.2. The van der Waals surface area contributed by atoms with Gasteiger partial charge in [-0.2, -0.15) is 0 Å². The quantitative estimate of drug-likeness (QED) is 0.185. The van der Waals surface area contributed by atoms with Crippen molar-refractivity contribution >= 4 is 51.6 Å². The van der Waals surface area contributed by atoms with Crippen LogP contribution in [0, 0.1) is 0 Å². The maximum absolute atomic E-state index is 12.2. The minimum Gasteiger partial charge on any atom is -0.478 e. The van der Waals surface area contributed by atoms with Gasteiger partial charge < -0.3 is 5.11 Å². The summed E-state index contributed by atoms with van der Waals surface area (Å²) < 4.78 is 0. The summed E-state index contributed by atoms with van der Waals surface area (Å²) in [6, 6.07) is 52.0. The zero-order valence-electron chi connectivity index (χ0n) is 25.5. The summed E-state index contributed by atoms with van der Waals surface area (Å²) in [6.07, 6.45) is 0. The van der Waals surface area contributed by atoms with Crippen LogP contribution in [0.25, 0.3) is 0 Å². The fraction of sp³-hybridized carbons (Fsp3) is 0. The molecule has 0 unspecified atom stereocenters. The zero-order valence-corrected chi connectivity index (χ0v) is 26.5. The fourth-order valence-electron chi connectivity index (χ4n) is 5.38. The number of rotatable bonds is 5. The summed E-state index contributed by atoms with van der Waals surface area (Å²) in [5, 5.41) is 10.0. The number of aromatic carboxylic acids is 1. The van der Waals surface area contributed by atoms with E-state index in [9.17, 15) is 9.90 Å². The van der Waals surface area contributed by atoms with E-state index in [1.807, 2.05) is 146 Å². The number of carboxylic acid groups (broad SMARTS) is 1. The molecule has 0 amide bonds. The van der Waals surface area contributed by atoms with Crippen molar-refractivity contribution in [2.45, 2.75) is 0 Å². The molecular weight excluding hydrogens is 644 g/mol. The third-order valence-electron chi connectivity index (χ3n) is 7.67. The van der Waals surface area contributed by atoms with E-state index in [1.54, 1.807) is 18.2 Å². The molecule has 7 heteroatoms. The van der Waals surface area contributed by atoms with E-state index in [0.29, 0.717) is 45.6 Å². The minimum absolute atomic E-state index is 0. The molecule has 7 rings (SSSR count). The number of nitrogens with zero attached hydrogens (tertiary/aromatic N) is 4. The van der Waals surface area contributed by atoms with Crippen LogP contribution in [0.1, 0.15) is 32.6 Å². The molecule has 1 radical (unpaired) electrons. The van der Waals surface area contributed by atoms with Gasteiger partial charge in [0.05, 0.1) is 51.2 Å². The number of para-hydroxylation sites is 2. The zero-order chi connectivity index (χ0) is 32.0. The molecule has 0 aliphatic carbocycles. The number of fused-ring (bicyclic) bond motifs is 2. The van der Waals surface area contributed by atoms with Gasteiger partial charge in [0, 0.05) is 22.3 Å². The molecule has 0 atom stereocenters. The molecule has 233 valence electrons. The van der Waals surface area contributed by atoms with Crippen LogP contribution in [0.2, 0.25) is 0 Å². The molecule has 6 aromatic rings. The number of hydrogen-bond donors (Lipinski definition) is 1. The summed E-state index contributed by atoms with van der Waals surface area (Å²) in [5.74, 6) is -1.06. The van der Waals surface area contributed by atoms with Crippen molar-refractivity contribution in [3.63, 3.8) is 0 Å². The third-order valence-corrected chi connectivity index (χ3v) is 7.67. The molecule has 1 aliphatic rings. The van der Waals surface area contributed by atoms with Crippen LogP contribution in [0.15, 0.2) is 184 Å². The average molecular weight is 672 g/mol. The van der Waals surface area contributed by atoms with Gasteiger partial charge in [-0.05, 0) is 30.3 Å². The van der Waals surface area contributed by atoms with Gasteiger partial charge in [0.2, 0.25) is 0 Å². The summed E-state index contributed by atoms with van der Waals surface area (Å²) in [5.41, 5.74) is 8.11. The molecule has 0 saturated heterocycles. The topological polar surface area (TPSA) is 86.7 Å². The summed E-state index contributed by atoms with van der Waals surface area (Å²) in [4.78, 5) is 33.3. The monoisotopic (exact) mass is 671 g/mol. The van der Waals surface area contributed by atoms with Crippen LogP contribution in [0.5, 0.6) is 0 Å². The molecule has 0 spiro atoms. The van der Waals surface area contributed by atoms with Gasteiger partial charge in [0.25, 0.3) is 0 Å². The maximum atomic E-state index is 12.2. The second kappa shape index (κ2) is 14.6. The van der Waals surface area contributed by atoms with Gasteiger partial charge in [-0.3, -0.25) is 0 Å². The van der Waals surface area contributed by atoms with Gasteiger partial charge in [0.15, 0.2) is 0 Å². The van der Waals surface area contributed by atoms with Gasteiger partial charge in [-0.15, -0.1) is 0 Å². The summed E-state index contributed by atoms with van der Waals surface area (Å²) >= 11 is 0. The molecule has 0 aromatic heterocycles. The molecule has 0 saturated carbocycles. The van der Waals surface area contributed by atoms with Crippen molar-refractivity contribution in [1.29, 1.82) is 0 Å². The fourth-order valence-corrected chi connectivity index (χ4v) is 5.38. The van der Waals surface area contributed by atoms with Crippen LogP contribution in [0.4, 0.5) is 22.7 Å². The molecular formula is C41H28CuN4O2+2. The van der Waals surface area contributed by atoms with Gasteiger partial charge in [-0.25, -0.2) is 24.8 Å². The van der Waals surface area contributed by atoms with E-state index in [-0.39, 0.29) is 22.6 Å². The number of carboxylic acids is 1. The molecule has 6 nitrogen and oxygen atoms in total. The van der Waals surface area contributed by atoms with Crippen molar-refractivity contribution in [3.8, 4) is 0 Å². The first kappa shape index (κ1) is 32.0. The molecule has 48 heavy (non-hydrogen) atoms.